The maximum Gasteiger partial charge on any atom is 0.102 e. The molecule has 5 nitrogen and oxygen atoms in total. The zero-order valence-electron chi connectivity index (χ0n) is 27.5. The first-order valence-electron chi connectivity index (χ1n) is 16.4. The lowest BCUT2D eigenvalue weighted by molar-refractivity contribution is 1.09. The van der Waals surface area contributed by atoms with Crippen molar-refractivity contribution < 1.29 is 0 Å². The molecule has 0 aliphatic rings. The van der Waals surface area contributed by atoms with Crippen LogP contribution in [0.25, 0.3) is 72.4 Å². The Morgan fingerprint density at radius 2 is 1.22 bits per heavy atom. The van der Waals surface area contributed by atoms with Crippen LogP contribution in [-0.2, 0) is 0 Å². The van der Waals surface area contributed by atoms with E-state index < -0.39 is 0 Å². The largest absolute Gasteiger partial charge is 0.309 e. The smallest absolute Gasteiger partial charge is 0.102 e. The first-order chi connectivity index (χ1) is 24.6. The van der Waals surface area contributed by atoms with Gasteiger partial charge in [0.15, 0.2) is 0 Å². The normalized spacial score (nSPS) is 11.3. The van der Waals surface area contributed by atoms with Gasteiger partial charge in [0, 0.05) is 38.5 Å². The minimum atomic E-state index is 0.533. The van der Waals surface area contributed by atoms with Crippen molar-refractivity contribution in [2.75, 3.05) is 0 Å². The van der Waals surface area contributed by atoms with Gasteiger partial charge in [-0.1, -0.05) is 78.9 Å². The summed E-state index contributed by atoms with van der Waals surface area (Å²) in [6.45, 7) is 4.12. The van der Waals surface area contributed by atoms with E-state index in [1.807, 2.05) is 110 Å². The minimum Gasteiger partial charge on any atom is -0.309 e. The van der Waals surface area contributed by atoms with Crippen LogP contribution in [0.4, 0.5) is 0 Å². The number of aryl methyl sites for hydroxylation is 1. The second-order valence-electron chi connectivity index (χ2n) is 12.3. The second-order valence-corrected chi connectivity index (χ2v) is 12.3. The Labute approximate surface area is 290 Å². The van der Waals surface area contributed by atoms with Gasteiger partial charge in [0.25, 0.3) is 0 Å². The summed E-state index contributed by atoms with van der Waals surface area (Å²) >= 11 is 0. The molecule has 50 heavy (non-hydrogen) atoms. The zero-order valence-corrected chi connectivity index (χ0v) is 27.5. The minimum absolute atomic E-state index is 0.533. The number of hydrogen-bond donors (Lipinski definition) is 0. The molecule has 0 fully saturated rings. The third-order valence-corrected chi connectivity index (χ3v) is 9.58. The fourth-order valence-corrected chi connectivity index (χ4v) is 7.35. The Bertz CT molecular complexity index is 2820. The third-order valence-electron chi connectivity index (χ3n) is 9.58. The maximum absolute atomic E-state index is 10.8. The molecular formula is C45H29N5. The summed E-state index contributed by atoms with van der Waals surface area (Å²) in [7, 11) is 0. The lowest BCUT2D eigenvalue weighted by Crippen LogP contribution is -2.02. The summed E-state index contributed by atoms with van der Waals surface area (Å²) in [5.74, 6) is 0. The Morgan fingerprint density at radius 3 is 1.98 bits per heavy atom. The molecule has 0 radical (unpaired) electrons. The molecule has 0 unspecified atom stereocenters. The molecule has 0 aliphatic carbocycles. The van der Waals surface area contributed by atoms with Gasteiger partial charge in [-0.15, -0.1) is 0 Å². The number of allylic oxidation sites excluding steroid dienone is 1. The standard InChI is InChI=1S/C45H29N5/c1-3-11-40-29(2)33-12-4-7-16-41(33)49(40)44-19-10-15-34(39(44)28-48)31-21-22-32(27-47)37(25-31)35-13-5-8-17-42(35)50-43-18-9-6-14-36(43)38-24-30(26-46)20-23-45(38)50/h3-25H,1-2H3/b11-3-. The molecule has 5 heteroatoms. The van der Waals surface area contributed by atoms with Crippen molar-refractivity contribution >= 4 is 38.8 Å². The van der Waals surface area contributed by atoms with Gasteiger partial charge in [-0.2, -0.15) is 15.8 Å². The van der Waals surface area contributed by atoms with E-state index in [-0.39, 0.29) is 0 Å². The molecule has 0 amide bonds. The molecule has 0 aliphatic heterocycles. The van der Waals surface area contributed by atoms with Gasteiger partial charge in [0.05, 0.1) is 56.8 Å². The van der Waals surface area contributed by atoms with Gasteiger partial charge in [0.2, 0.25) is 0 Å². The highest BCUT2D eigenvalue weighted by molar-refractivity contribution is 6.10. The van der Waals surface area contributed by atoms with Crippen molar-refractivity contribution in [1.29, 1.82) is 15.8 Å². The molecule has 234 valence electrons. The maximum atomic E-state index is 10.8. The van der Waals surface area contributed by atoms with Gasteiger partial charge in [-0.05, 0) is 85.6 Å². The van der Waals surface area contributed by atoms with Crippen LogP contribution in [0.15, 0.2) is 133 Å². The molecule has 0 saturated carbocycles. The van der Waals surface area contributed by atoms with Crippen LogP contribution in [0.1, 0.15) is 34.9 Å². The van der Waals surface area contributed by atoms with E-state index >= 15 is 0 Å². The van der Waals surface area contributed by atoms with E-state index in [0.29, 0.717) is 16.7 Å². The average Bonchev–Trinajstić information content (AvgIpc) is 3.65. The number of nitriles is 3. The molecule has 0 spiro atoms. The topological polar surface area (TPSA) is 81.2 Å². The van der Waals surface area contributed by atoms with E-state index in [1.54, 1.807) is 0 Å². The molecule has 2 aromatic heterocycles. The van der Waals surface area contributed by atoms with Gasteiger partial charge < -0.3 is 9.13 Å². The van der Waals surface area contributed by atoms with Crippen molar-refractivity contribution in [3.63, 3.8) is 0 Å². The lowest BCUT2D eigenvalue weighted by atomic mass is 9.92. The van der Waals surface area contributed by atoms with Gasteiger partial charge in [-0.25, -0.2) is 0 Å². The lowest BCUT2D eigenvalue weighted by Gasteiger charge is -2.17. The zero-order chi connectivity index (χ0) is 34.4. The van der Waals surface area contributed by atoms with Crippen molar-refractivity contribution in [2.24, 2.45) is 0 Å². The Balaban J connectivity index is 1.36. The highest BCUT2D eigenvalue weighted by Gasteiger charge is 2.21. The summed E-state index contributed by atoms with van der Waals surface area (Å²) in [6.07, 6.45) is 4.12. The first kappa shape index (κ1) is 30.2. The predicted octanol–water partition coefficient (Wildman–Crippen LogP) is 11.0. The predicted molar refractivity (Wildman–Crippen MR) is 202 cm³/mol. The molecule has 8 rings (SSSR count). The molecule has 0 atom stereocenters. The van der Waals surface area contributed by atoms with Gasteiger partial charge >= 0.3 is 0 Å². The van der Waals surface area contributed by atoms with Crippen LogP contribution in [0.5, 0.6) is 0 Å². The summed E-state index contributed by atoms with van der Waals surface area (Å²) in [5, 5.41) is 34.0. The molecular weight excluding hydrogens is 611 g/mol. The van der Waals surface area contributed by atoms with Crippen molar-refractivity contribution in [3.8, 4) is 51.8 Å². The third kappa shape index (κ3) is 4.60. The second kappa shape index (κ2) is 12.1. The van der Waals surface area contributed by atoms with Crippen molar-refractivity contribution in [2.45, 2.75) is 13.8 Å². The van der Waals surface area contributed by atoms with Crippen LogP contribution in [-0.4, -0.2) is 9.13 Å². The van der Waals surface area contributed by atoms with E-state index in [1.165, 1.54) is 0 Å². The Hall–Kier alpha value is -7.13. The van der Waals surface area contributed by atoms with E-state index in [4.69, 9.17) is 0 Å². The number of para-hydroxylation sites is 3. The highest BCUT2D eigenvalue weighted by Crippen LogP contribution is 2.40. The van der Waals surface area contributed by atoms with Crippen molar-refractivity contribution in [1.82, 2.24) is 9.13 Å². The quantitative estimate of drug-likeness (QED) is 0.188. The number of rotatable bonds is 5. The van der Waals surface area contributed by atoms with Crippen LogP contribution in [0.2, 0.25) is 0 Å². The SMILES string of the molecule is C/C=C\c1c(C)c2ccccc2n1-c1cccc(-c2ccc(C#N)c(-c3ccccc3-n3c4ccccc4c4cc(C#N)ccc43)c2)c1C#N. The van der Waals surface area contributed by atoms with Gasteiger partial charge in [0.1, 0.15) is 6.07 Å². The fourth-order valence-electron chi connectivity index (χ4n) is 7.35. The first-order valence-corrected chi connectivity index (χ1v) is 16.4. The Kier molecular flexibility index (Phi) is 7.34. The average molecular weight is 640 g/mol. The number of fused-ring (bicyclic) bond motifs is 4. The molecule has 8 aromatic rings. The number of benzene rings is 6. The Morgan fingerprint density at radius 1 is 0.540 bits per heavy atom. The summed E-state index contributed by atoms with van der Waals surface area (Å²) < 4.78 is 4.38. The van der Waals surface area contributed by atoms with Crippen LogP contribution < -0.4 is 0 Å². The van der Waals surface area contributed by atoms with Crippen LogP contribution in [0, 0.1) is 40.9 Å². The van der Waals surface area contributed by atoms with Crippen LogP contribution >= 0.6 is 0 Å². The number of nitrogens with zero attached hydrogens (tertiary/aromatic N) is 5. The van der Waals surface area contributed by atoms with Gasteiger partial charge in [-0.3, -0.25) is 0 Å². The number of aromatic nitrogens is 2. The van der Waals surface area contributed by atoms with Crippen molar-refractivity contribution in [3.05, 3.63) is 161 Å². The highest BCUT2D eigenvalue weighted by atomic mass is 15.0. The summed E-state index contributed by atoms with van der Waals surface area (Å²) in [6, 6.07) is 49.3. The molecule has 2 heterocycles. The van der Waals surface area contributed by atoms with Crippen LogP contribution in [0.3, 0.4) is 0 Å². The summed E-state index contributed by atoms with van der Waals surface area (Å²) in [5.41, 5.74) is 11.9. The molecule has 6 aromatic carbocycles. The van der Waals surface area contributed by atoms with E-state index in [9.17, 15) is 15.8 Å². The summed E-state index contributed by atoms with van der Waals surface area (Å²) in [4.78, 5) is 0. The molecule has 0 N–H and O–H groups in total. The number of hydrogen-bond acceptors (Lipinski definition) is 3. The van der Waals surface area contributed by atoms with E-state index in [0.717, 1.165) is 77.6 Å². The molecule has 0 bridgehead atoms. The molecule has 0 saturated heterocycles. The van der Waals surface area contributed by atoms with E-state index in [2.05, 4.69) is 70.7 Å². The monoisotopic (exact) mass is 639 g/mol. The fraction of sp³-hybridized carbons (Fsp3) is 0.0444.